The quantitative estimate of drug-likeness (QED) is 0.885. The van der Waals surface area contributed by atoms with Gasteiger partial charge in [0.15, 0.2) is 0 Å². The monoisotopic (exact) mass is 325 g/mol. The van der Waals surface area contributed by atoms with Crippen LogP contribution in [0.1, 0.15) is 30.1 Å². The van der Waals surface area contributed by atoms with Crippen LogP contribution in [-0.4, -0.2) is 27.7 Å². The standard InChI is InChI=1S/C14H19N3O2S2/c1-5-15-12(18)9(4)20-6-10-16-13(19)11-7(2)8(3)21-14(11)17-10/h9H,5-6H2,1-4H3,(H,15,18)(H,16,17,19)/t9-/m0/s1. The van der Waals surface area contributed by atoms with E-state index in [1.54, 1.807) is 0 Å². The summed E-state index contributed by atoms with van der Waals surface area (Å²) in [6.07, 6.45) is 0. The van der Waals surface area contributed by atoms with E-state index in [2.05, 4.69) is 15.3 Å². The lowest BCUT2D eigenvalue weighted by molar-refractivity contribution is -0.120. The molecule has 2 heterocycles. The second-order valence-electron chi connectivity index (χ2n) is 4.82. The lowest BCUT2D eigenvalue weighted by atomic mass is 10.2. The molecule has 0 bridgehead atoms. The smallest absolute Gasteiger partial charge is 0.259 e. The van der Waals surface area contributed by atoms with Gasteiger partial charge in [-0.15, -0.1) is 23.1 Å². The number of thiophene rings is 1. The van der Waals surface area contributed by atoms with Crippen molar-refractivity contribution in [2.75, 3.05) is 6.54 Å². The Labute approximate surface area is 131 Å². The minimum absolute atomic E-state index is 0.00809. The first-order chi connectivity index (χ1) is 9.93. The van der Waals surface area contributed by atoms with Crippen molar-refractivity contribution in [3.8, 4) is 0 Å². The normalized spacial score (nSPS) is 12.6. The Morgan fingerprint density at radius 3 is 2.86 bits per heavy atom. The number of hydrogen-bond donors (Lipinski definition) is 2. The Bertz CT molecular complexity index is 721. The zero-order chi connectivity index (χ0) is 15.6. The van der Waals surface area contributed by atoms with Crippen molar-refractivity contribution >= 4 is 39.2 Å². The summed E-state index contributed by atoms with van der Waals surface area (Å²) in [4.78, 5) is 33.0. The fourth-order valence-electron chi connectivity index (χ4n) is 1.97. The number of aryl methyl sites for hydroxylation is 2. The third-order valence-corrected chi connectivity index (χ3v) is 5.53. The number of thioether (sulfide) groups is 1. The molecule has 21 heavy (non-hydrogen) atoms. The van der Waals surface area contributed by atoms with Gasteiger partial charge in [0.2, 0.25) is 5.91 Å². The Hall–Kier alpha value is -1.34. The van der Waals surface area contributed by atoms with Crippen molar-refractivity contribution in [3.05, 3.63) is 26.6 Å². The van der Waals surface area contributed by atoms with Gasteiger partial charge in [0, 0.05) is 11.4 Å². The first kappa shape index (κ1) is 16.0. The SMILES string of the molecule is CCNC(=O)[C@H](C)SCc1nc2sc(C)c(C)c2c(=O)[nH]1. The average Bonchev–Trinajstić information content (AvgIpc) is 2.72. The summed E-state index contributed by atoms with van der Waals surface area (Å²) in [6.45, 7) is 8.30. The van der Waals surface area contributed by atoms with Crippen LogP contribution in [0.2, 0.25) is 0 Å². The van der Waals surface area contributed by atoms with Gasteiger partial charge >= 0.3 is 0 Å². The lowest BCUT2D eigenvalue weighted by Crippen LogP contribution is -2.30. The van der Waals surface area contributed by atoms with Gasteiger partial charge in [0.05, 0.1) is 16.4 Å². The van der Waals surface area contributed by atoms with E-state index >= 15 is 0 Å². The Morgan fingerprint density at radius 2 is 2.19 bits per heavy atom. The summed E-state index contributed by atoms with van der Waals surface area (Å²) < 4.78 is 0. The number of amides is 1. The first-order valence-electron chi connectivity index (χ1n) is 6.82. The summed E-state index contributed by atoms with van der Waals surface area (Å²) >= 11 is 3.00. The first-order valence-corrected chi connectivity index (χ1v) is 8.68. The van der Waals surface area contributed by atoms with E-state index in [1.165, 1.54) is 23.1 Å². The topological polar surface area (TPSA) is 74.8 Å². The molecule has 0 saturated heterocycles. The Balaban J connectivity index is 2.17. The number of carbonyl (C=O) groups excluding carboxylic acids is 1. The maximum absolute atomic E-state index is 12.1. The van der Waals surface area contributed by atoms with Gasteiger partial charge in [-0.25, -0.2) is 4.98 Å². The van der Waals surface area contributed by atoms with Crippen molar-refractivity contribution in [3.63, 3.8) is 0 Å². The van der Waals surface area contributed by atoms with E-state index < -0.39 is 0 Å². The highest BCUT2D eigenvalue weighted by atomic mass is 32.2. The fourth-order valence-corrected chi connectivity index (χ4v) is 3.79. The number of nitrogens with one attached hydrogen (secondary N) is 2. The molecule has 0 aliphatic carbocycles. The molecular weight excluding hydrogens is 306 g/mol. The van der Waals surface area contributed by atoms with Gasteiger partial charge < -0.3 is 10.3 Å². The fraction of sp³-hybridized carbons (Fsp3) is 0.500. The predicted octanol–water partition coefficient (Wildman–Crippen LogP) is 2.36. The molecule has 5 nitrogen and oxygen atoms in total. The van der Waals surface area contributed by atoms with Crippen molar-refractivity contribution < 1.29 is 4.79 Å². The second-order valence-corrected chi connectivity index (χ2v) is 7.36. The number of hydrogen-bond acceptors (Lipinski definition) is 5. The van der Waals surface area contributed by atoms with Crippen LogP contribution in [0.4, 0.5) is 0 Å². The van der Waals surface area contributed by atoms with E-state index in [-0.39, 0.29) is 16.7 Å². The van der Waals surface area contributed by atoms with Crippen molar-refractivity contribution in [1.82, 2.24) is 15.3 Å². The number of aromatic nitrogens is 2. The zero-order valence-electron chi connectivity index (χ0n) is 12.6. The lowest BCUT2D eigenvalue weighted by Gasteiger charge is -2.10. The third-order valence-electron chi connectivity index (χ3n) is 3.28. The molecule has 1 atom stereocenters. The van der Waals surface area contributed by atoms with Crippen LogP contribution in [0, 0.1) is 13.8 Å². The van der Waals surface area contributed by atoms with E-state index in [9.17, 15) is 9.59 Å². The number of H-pyrrole nitrogens is 1. The minimum atomic E-state index is -0.169. The molecule has 0 aromatic carbocycles. The molecule has 0 saturated carbocycles. The van der Waals surface area contributed by atoms with E-state index in [0.29, 0.717) is 23.5 Å². The molecule has 2 rings (SSSR count). The van der Waals surface area contributed by atoms with Crippen LogP contribution in [0.5, 0.6) is 0 Å². The summed E-state index contributed by atoms with van der Waals surface area (Å²) in [5, 5.41) is 3.30. The zero-order valence-corrected chi connectivity index (χ0v) is 14.2. The van der Waals surface area contributed by atoms with Crippen LogP contribution >= 0.6 is 23.1 Å². The molecule has 0 unspecified atom stereocenters. The van der Waals surface area contributed by atoms with Crippen LogP contribution in [0.3, 0.4) is 0 Å². The second kappa shape index (κ2) is 6.62. The molecule has 2 aromatic heterocycles. The van der Waals surface area contributed by atoms with Gasteiger partial charge in [-0.2, -0.15) is 0 Å². The molecule has 2 N–H and O–H groups in total. The molecule has 0 spiro atoms. The molecule has 114 valence electrons. The molecule has 0 aliphatic rings. The molecule has 0 aliphatic heterocycles. The van der Waals surface area contributed by atoms with Gasteiger partial charge in [-0.05, 0) is 33.3 Å². The summed E-state index contributed by atoms with van der Waals surface area (Å²) in [5.41, 5.74) is 0.904. The summed E-state index contributed by atoms with van der Waals surface area (Å²) in [5.74, 6) is 1.14. The van der Waals surface area contributed by atoms with Crippen molar-refractivity contribution in [2.24, 2.45) is 0 Å². The molecule has 7 heteroatoms. The third kappa shape index (κ3) is 3.47. The number of aromatic amines is 1. The predicted molar refractivity (Wildman–Crippen MR) is 89.2 cm³/mol. The van der Waals surface area contributed by atoms with Gasteiger partial charge in [0.25, 0.3) is 5.56 Å². The highest BCUT2D eigenvalue weighted by Crippen LogP contribution is 2.26. The molecule has 1 amide bonds. The van der Waals surface area contributed by atoms with Crippen LogP contribution in [-0.2, 0) is 10.5 Å². The summed E-state index contributed by atoms with van der Waals surface area (Å²) in [7, 11) is 0. The minimum Gasteiger partial charge on any atom is -0.355 e. The maximum Gasteiger partial charge on any atom is 0.259 e. The Kier molecular flexibility index (Phi) is 5.05. The number of nitrogens with zero attached hydrogens (tertiary/aromatic N) is 1. The van der Waals surface area contributed by atoms with Crippen LogP contribution < -0.4 is 10.9 Å². The summed E-state index contributed by atoms with van der Waals surface area (Å²) in [6, 6.07) is 0. The number of rotatable bonds is 5. The molecule has 0 radical (unpaired) electrons. The van der Waals surface area contributed by atoms with E-state index in [4.69, 9.17) is 0 Å². The molecule has 0 fully saturated rings. The van der Waals surface area contributed by atoms with Gasteiger partial charge in [0.1, 0.15) is 10.7 Å². The largest absolute Gasteiger partial charge is 0.355 e. The Morgan fingerprint density at radius 1 is 1.48 bits per heavy atom. The maximum atomic E-state index is 12.1. The highest BCUT2D eigenvalue weighted by molar-refractivity contribution is 7.99. The van der Waals surface area contributed by atoms with Crippen LogP contribution in [0.25, 0.3) is 10.2 Å². The number of fused-ring (bicyclic) bond motifs is 1. The highest BCUT2D eigenvalue weighted by Gasteiger charge is 2.15. The number of carbonyl (C=O) groups is 1. The van der Waals surface area contributed by atoms with Gasteiger partial charge in [-0.3, -0.25) is 9.59 Å². The van der Waals surface area contributed by atoms with Crippen molar-refractivity contribution in [2.45, 2.75) is 38.7 Å². The van der Waals surface area contributed by atoms with Gasteiger partial charge in [-0.1, -0.05) is 0 Å². The van der Waals surface area contributed by atoms with Crippen molar-refractivity contribution in [1.29, 1.82) is 0 Å². The molecular formula is C14H19N3O2S2. The van der Waals surface area contributed by atoms with E-state index in [1.807, 2.05) is 27.7 Å². The average molecular weight is 325 g/mol. The molecule has 2 aromatic rings. The van der Waals surface area contributed by atoms with E-state index in [0.717, 1.165) is 15.3 Å². The van der Waals surface area contributed by atoms with Crippen LogP contribution in [0.15, 0.2) is 4.79 Å².